The predicted molar refractivity (Wildman–Crippen MR) is 101 cm³/mol. The predicted octanol–water partition coefficient (Wildman–Crippen LogP) is 1.82. The molecule has 1 unspecified atom stereocenters. The van der Waals surface area contributed by atoms with Gasteiger partial charge in [-0.15, -0.1) is 0 Å². The molecule has 144 valence electrons. The van der Waals surface area contributed by atoms with Crippen molar-refractivity contribution in [3.05, 3.63) is 48.0 Å². The lowest BCUT2D eigenvalue weighted by atomic mass is 10.00. The molecule has 2 aromatic rings. The van der Waals surface area contributed by atoms with Crippen LogP contribution in [-0.4, -0.2) is 58.1 Å². The molecular formula is C19H24FN5O2. The van der Waals surface area contributed by atoms with E-state index < -0.39 is 6.10 Å². The Morgan fingerprint density at radius 2 is 2.04 bits per heavy atom. The smallest absolute Gasteiger partial charge is 0.210 e. The first-order chi connectivity index (χ1) is 12.9. The van der Waals surface area contributed by atoms with E-state index in [-0.39, 0.29) is 17.9 Å². The van der Waals surface area contributed by atoms with Crippen molar-refractivity contribution in [2.45, 2.75) is 25.5 Å². The molecule has 8 heteroatoms. The third-order valence-corrected chi connectivity index (χ3v) is 4.80. The molecule has 1 aromatic heterocycles. The quantitative estimate of drug-likeness (QED) is 0.752. The lowest BCUT2D eigenvalue weighted by molar-refractivity contribution is -0.123. The summed E-state index contributed by atoms with van der Waals surface area (Å²) in [5.41, 5.74) is 0.349. The maximum absolute atomic E-state index is 13.0. The molecule has 0 saturated carbocycles. The number of hydrogen-bond acceptors (Lipinski definition) is 6. The lowest BCUT2D eigenvalue weighted by Gasteiger charge is -2.45. The first kappa shape index (κ1) is 19.0. The molecule has 0 bridgehead atoms. The van der Waals surface area contributed by atoms with Crippen LogP contribution in [0.15, 0.2) is 36.7 Å². The Labute approximate surface area is 157 Å². The summed E-state index contributed by atoms with van der Waals surface area (Å²) in [6, 6.07) is 7.58. The van der Waals surface area contributed by atoms with Crippen molar-refractivity contribution in [3.63, 3.8) is 0 Å². The van der Waals surface area contributed by atoms with Crippen molar-refractivity contribution >= 4 is 18.0 Å². The van der Waals surface area contributed by atoms with Gasteiger partial charge in [0, 0.05) is 32.2 Å². The van der Waals surface area contributed by atoms with Gasteiger partial charge in [-0.05, 0) is 31.5 Å². The highest BCUT2D eigenvalue weighted by molar-refractivity contribution is 5.53. The van der Waals surface area contributed by atoms with Crippen LogP contribution in [-0.2, 0) is 4.79 Å². The van der Waals surface area contributed by atoms with E-state index in [1.165, 1.54) is 18.5 Å². The van der Waals surface area contributed by atoms with Crippen LogP contribution >= 0.6 is 0 Å². The Balaban J connectivity index is 1.64. The second-order valence-electron chi connectivity index (χ2n) is 7.24. The minimum atomic E-state index is -0.779. The normalized spacial score (nSPS) is 17.5. The number of benzene rings is 1. The number of nitrogens with zero attached hydrogens (tertiary/aromatic N) is 4. The fraction of sp³-hybridized carbons (Fsp3) is 0.421. The maximum atomic E-state index is 13.0. The molecule has 0 aliphatic carbocycles. The molecule has 2 N–H and O–H groups in total. The van der Waals surface area contributed by atoms with Gasteiger partial charge in [0.2, 0.25) is 6.41 Å². The fourth-order valence-corrected chi connectivity index (χ4v) is 3.18. The third kappa shape index (κ3) is 4.51. The molecule has 0 radical (unpaired) electrons. The van der Waals surface area contributed by atoms with Crippen LogP contribution in [0.1, 0.15) is 25.5 Å². The first-order valence-electron chi connectivity index (χ1n) is 8.85. The molecule has 1 saturated heterocycles. The van der Waals surface area contributed by atoms with Crippen LogP contribution in [0.3, 0.4) is 0 Å². The summed E-state index contributed by atoms with van der Waals surface area (Å²) >= 11 is 0. The molecule has 0 spiro atoms. The van der Waals surface area contributed by atoms with Gasteiger partial charge >= 0.3 is 0 Å². The highest BCUT2D eigenvalue weighted by atomic mass is 19.1. The highest BCUT2D eigenvalue weighted by Gasteiger charge is 2.33. The average Bonchev–Trinajstić information content (AvgIpc) is 2.66. The van der Waals surface area contributed by atoms with Crippen LogP contribution in [0, 0.1) is 5.82 Å². The van der Waals surface area contributed by atoms with Crippen molar-refractivity contribution in [2.24, 2.45) is 0 Å². The molecule has 1 amide bonds. The number of carbonyl (C=O) groups is 1. The summed E-state index contributed by atoms with van der Waals surface area (Å²) < 4.78 is 13.0. The Hall–Kier alpha value is -2.74. The topological polar surface area (TPSA) is 81.6 Å². The molecule has 27 heavy (non-hydrogen) atoms. The summed E-state index contributed by atoms with van der Waals surface area (Å²) in [6.45, 7) is 6.27. The number of anilines is 2. The monoisotopic (exact) mass is 373 g/mol. The van der Waals surface area contributed by atoms with Crippen LogP contribution in [0.2, 0.25) is 0 Å². The summed E-state index contributed by atoms with van der Waals surface area (Å²) in [5.74, 6) is 1.02. The van der Waals surface area contributed by atoms with Crippen LogP contribution in [0.5, 0.6) is 0 Å². The van der Waals surface area contributed by atoms with Gasteiger partial charge in [0.05, 0.1) is 11.6 Å². The van der Waals surface area contributed by atoms with Gasteiger partial charge in [-0.1, -0.05) is 12.1 Å². The maximum Gasteiger partial charge on any atom is 0.210 e. The molecule has 1 aliphatic heterocycles. The van der Waals surface area contributed by atoms with E-state index in [9.17, 15) is 14.3 Å². The summed E-state index contributed by atoms with van der Waals surface area (Å²) in [4.78, 5) is 23.6. The van der Waals surface area contributed by atoms with E-state index in [0.717, 1.165) is 12.2 Å². The van der Waals surface area contributed by atoms with Crippen molar-refractivity contribution < 1.29 is 14.3 Å². The average molecular weight is 373 g/mol. The second kappa shape index (κ2) is 7.87. The molecule has 1 aliphatic rings. The standard InChI is InChI=1S/C19H24FN5O2/c1-19(2)11-24(7-8-25(19)13-26)18-9-17(22-12-23-18)21-10-16(27)14-3-5-15(20)6-4-14/h3-6,9,12-13,16,27H,7-8,10-11H2,1-2H3,(H,21,22,23). The van der Waals surface area contributed by atoms with Crippen LogP contribution < -0.4 is 10.2 Å². The highest BCUT2D eigenvalue weighted by Crippen LogP contribution is 2.24. The van der Waals surface area contributed by atoms with Crippen LogP contribution in [0.25, 0.3) is 0 Å². The van der Waals surface area contributed by atoms with E-state index in [1.807, 2.05) is 19.9 Å². The number of aromatic nitrogens is 2. The van der Waals surface area contributed by atoms with Gasteiger partial charge in [-0.2, -0.15) is 0 Å². The first-order valence-corrected chi connectivity index (χ1v) is 8.85. The number of aliphatic hydroxyl groups excluding tert-OH is 1. The molecule has 7 nitrogen and oxygen atoms in total. The Bertz CT molecular complexity index is 784. The van der Waals surface area contributed by atoms with Gasteiger partial charge in [0.25, 0.3) is 0 Å². The summed E-state index contributed by atoms with van der Waals surface area (Å²) in [7, 11) is 0. The summed E-state index contributed by atoms with van der Waals surface area (Å²) in [6.07, 6.45) is 1.58. The number of piperazine rings is 1. The van der Waals surface area contributed by atoms with Gasteiger partial charge in [0.15, 0.2) is 0 Å². The molecule has 1 aromatic carbocycles. The number of halogens is 1. The van der Waals surface area contributed by atoms with E-state index in [1.54, 1.807) is 17.0 Å². The molecular weight excluding hydrogens is 349 g/mol. The number of nitrogens with one attached hydrogen (secondary N) is 1. The third-order valence-electron chi connectivity index (χ3n) is 4.80. The Kier molecular flexibility index (Phi) is 5.55. The van der Waals surface area contributed by atoms with Crippen molar-refractivity contribution in [3.8, 4) is 0 Å². The Morgan fingerprint density at radius 3 is 2.70 bits per heavy atom. The van der Waals surface area contributed by atoms with Crippen molar-refractivity contribution in [2.75, 3.05) is 36.4 Å². The lowest BCUT2D eigenvalue weighted by Crippen LogP contribution is -2.59. The molecule has 1 fully saturated rings. The SMILES string of the molecule is CC1(C)CN(c2cc(NCC(O)c3ccc(F)cc3)ncn2)CCN1C=O. The van der Waals surface area contributed by atoms with Gasteiger partial charge < -0.3 is 20.2 Å². The number of hydrogen-bond donors (Lipinski definition) is 2. The van der Waals surface area contributed by atoms with E-state index in [4.69, 9.17) is 0 Å². The number of carbonyl (C=O) groups excluding carboxylic acids is 1. The molecule has 1 atom stereocenters. The second-order valence-corrected chi connectivity index (χ2v) is 7.24. The van der Waals surface area contributed by atoms with E-state index in [0.29, 0.717) is 31.0 Å². The van der Waals surface area contributed by atoms with Gasteiger partial charge in [-0.25, -0.2) is 14.4 Å². The Morgan fingerprint density at radius 1 is 1.30 bits per heavy atom. The minimum absolute atomic E-state index is 0.243. The number of aliphatic hydroxyl groups is 1. The van der Waals surface area contributed by atoms with E-state index >= 15 is 0 Å². The van der Waals surface area contributed by atoms with Gasteiger partial charge in [0.1, 0.15) is 23.8 Å². The summed E-state index contributed by atoms with van der Waals surface area (Å²) in [5, 5.41) is 13.3. The van der Waals surface area contributed by atoms with Crippen molar-refractivity contribution in [1.29, 1.82) is 0 Å². The van der Waals surface area contributed by atoms with Crippen LogP contribution in [0.4, 0.5) is 16.0 Å². The largest absolute Gasteiger partial charge is 0.387 e. The zero-order chi connectivity index (χ0) is 19.4. The minimum Gasteiger partial charge on any atom is -0.387 e. The van der Waals surface area contributed by atoms with Crippen molar-refractivity contribution in [1.82, 2.24) is 14.9 Å². The van der Waals surface area contributed by atoms with Gasteiger partial charge in [-0.3, -0.25) is 4.79 Å². The molecule has 3 rings (SSSR count). The number of amides is 1. The number of rotatable bonds is 6. The zero-order valence-electron chi connectivity index (χ0n) is 15.5. The molecule has 2 heterocycles. The zero-order valence-corrected chi connectivity index (χ0v) is 15.5. The fourth-order valence-electron chi connectivity index (χ4n) is 3.18. The van der Waals surface area contributed by atoms with E-state index in [2.05, 4.69) is 20.2 Å².